The van der Waals surface area contributed by atoms with Crippen molar-refractivity contribution in [3.63, 3.8) is 0 Å². The molecule has 0 unspecified atom stereocenters. The maximum Gasteiger partial charge on any atom is 0.416 e. The number of pyridine rings is 1. The van der Waals surface area contributed by atoms with Gasteiger partial charge < -0.3 is 15.6 Å². The van der Waals surface area contributed by atoms with Gasteiger partial charge in [-0.25, -0.2) is 9.98 Å². The van der Waals surface area contributed by atoms with E-state index in [1.807, 2.05) is 35.3 Å². The summed E-state index contributed by atoms with van der Waals surface area (Å²) < 4.78 is 50.2. The highest BCUT2D eigenvalue weighted by Crippen LogP contribution is 2.42. The molecule has 0 spiro atoms. The van der Waals surface area contributed by atoms with E-state index in [-0.39, 0.29) is 16.4 Å². The zero-order valence-corrected chi connectivity index (χ0v) is 21.6. The molecule has 204 valence electrons. The number of benzene rings is 2. The van der Waals surface area contributed by atoms with Crippen LogP contribution in [0.25, 0.3) is 32.6 Å². The van der Waals surface area contributed by atoms with Crippen LogP contribution in [0.4, 0.5) is 24.7 Å². The van der Waals surface area contributed by atoms with Crippen molar-refractivity contribution in [3.8, 4) is 22.4 Å². The molecule has 4 heterocycles. The Morgan fingerprint density at radius 3 is 2.48 bits per heavy atom. The zero-order chi connectivity index (χ0) is 27.9. The van der Waals surface area contributed by atoms with Crippen LogP contribution in [0.15, 0.2) is 76.4 Å². The van der Waals surface area contributed by atoms with E-state index in [2.05, 4.69) is 10.3 Å². The van der Waals surface area contributed by atoms with E-state index < -0.39 is 17.6 Å². The lowest BCUT2D eigenvalue weighted by atomic mass is 9.98. The van der Waals surface area contributed by atoms with Crippen LogP contribution in [0.5, 0.6) is 0 Å². The lowest BCUT2D eigenvalue weighted by Gasteiger charge is -2.18. The average Bonchev–Trinajstić information content (AvgIpc) is 3.57. The summed E-state index contributed by atoms with van der Waals surface area (Å²) in [7, 11) is 0. The van der Waals surface area contributed by atoms with Gasteiger partial charge in [0.1, 0.15) is 4.83 Å². The van der Waals surface area contributed by atoms with E-state index in [0.29, 0.717) is 53.3 Å². The number of anilines is 1. The number of fused-ring (bicyclic) bond motifs is 1. The van der Waals surface area contributed by atoms with Gasteiger partial charge in [0.2, 0.25) is 5.27 Å². The molecule has 2 aromatic carbocycles. The standard InChI is InChI=1S/C27H21F3N6O3S/c28-27(29,30)18-8-6-16(7-9-18)19-14-20(17-4-2-1-3-5-17)32-26-22(19)23(31)24(40-26)25(37)33-21-15-36(34-39-21)35-10-12-38-13-11-35/h1-9,14-15H,10-13H2,(H2-,31,33,34,37). The minimum absolute atomic E-state index is 0.00533. The first-order valence-corrected chi connectivity index (χ1v) is 13.0. The van der Waals surface area contributed by atoms with Crippen LogP contribution in [0.1, 0.15) is 10.4 Å². The van der Waals surface area contributed by atoms with E-state index in [1.54, 1.807) is 6.07 Å². The van der Waals surface area contributed by atoms with Crippen LogP contribution in [0.2, 0.25) is 0 Å². The van der Waals surface area contributed by atoms with Gasteiger partial charge in [0, 0.05) is 16.8 Å². The van der Waals surface area contributed by atoms with Crippen molar-refractivity contribution in [1.82, 2.24) is 10.3 Å². The lowest BCUT2D eigenvalue weighted by molar-refractivity contribution is -0.759. The predicted octanol–water partition coefficient (Wildman–Crippen LogP) is 3.91. The Balaban J connectivity index is 1.44. The van der Waals surface area contributed by atoms with Gasteiger partial charge in [-0.3, -0.25) is 4.52 Å². The number of morpholine rings is 1. The number of aliphatic imine (C=N–C) groups is 1. The third-order valence-corrected chi connectivity index (χ3v) is 7.51. The van der Waals surface area contributed by atoms with E-state index in [1.165, 1.54) is 23.1 Å². The van der Waals surface area contributed by atoms with Crippen molar-refractivity contribution < 1.29 is 32.3 Å². The van der Waals surface area contributed by atoms with Gasteiger partial charge in [-0.05, 0) is 29.3 Å². The predicted molar refractivity (Wildman–Crippen MR) is 142 cm³/mol. The number of hydrogen-bond acceptors (Lipinski definition) is 9. The minimum Gasteiger partial charge on any atom is -0.857 e. The molecule has 0 saturated carbocycles. The average molecular weight is 567 g/mol. The molecular formula is C27H21F3N6O3S. The molecule has 1 fully saturated rings. The van der Waals surface area contributed by atoms with Gasteiger partial charge in [-0.15, -0.1) is 16.3 Å². The van der Waals surface area contributed by atoms with Crippen molar-refractivity contribution in [2.24, 2.45) is 4.99 Å². The molecule has 0 radical (unpaired) electrons. The second-order valence-corrected chi connectivity index (χ2v) is 9.96. The molecule has 9 nitrogen and oxygen atoms in total. The fraction of sp³-hybridized carbons (Fsp3) is 0.185. The first-order valence-electron chi connectivity index (χ1n) is 12.2. The number of nitrogens with zero attached hydrogens (tertiary/aromatic N) is 5. The van der Waals surface area contributed by atoms with Gasteiger partial charge >= 0.3 is 12.1 Å². The number of alkyl halides is 3. The number of halogens is 3. The Labute approximate surface area is 229 Å². The Morgan fingerprint density at radius 1 is 1.05 bits per heavy atom. The Hall–Kier alpha value is -4.49. The lowest BCUT2D eigenvalue weighted by Crippen LogP contribution is -2.62. The highest BCUT2D eigenvalue weighted by Gasteiger charge is 2.30. The third-order valence-electron chi connectivity index (χ3n) is 6.42. The summed E-state index contributed by atoms with van der Waals surface area (Å²) in [5.41, 5.74) is 8.29. The summed E-state index contributed by atoms with van der Waals surface area (Å²) in [5.74, 6) is -0.653. The molecule has 1 saturated heterocycles. The first-order chi connectivity index (χ1) is 19.3. The fourth-order valence-corrected chi connectivity index (χ4v) is 5.43. The normalized spacial score (nSPS) is 14.7. The number of hydrogen-bond donors (Lipinski definition) is 1. The monoisotopic (exact) mass is 566 g/mol. The van der Waals surface area contributed by atoms with Gasteiger partial charge in [0.15, 0.2) is 0 Å². The number of aromatic nitrogens is 3. The van der Waals surface area contributed by atoms with E-state index in [4.69, 9.17) is 20.0 Å². The highest BCUT2D eigenvalue weighted by atomic mass is 32.1. The van der Waals surface area contributed by atoms with Gasteiger partial charge in [0.05, 0.1) is 52.9 Å². The second-order valence-electron chi connectivity index (χ2n) is 8.96. The summed E-state index contributed by atoms with van der Waals surface area (Å²) in [5, 5.41) is 19.5. The molecule has 0 atom stereocenters. The number of nitrogen functional groups attached to an aromatic ring is 1. The molecule has 1 aliphatic rings. The van der Waals surface area contributed by atoms with Crippen LogP contribution in [-0.2, 0) is 10.9 Å². The summed E-state index contributed by atoms with van der Waals surface area (Å²) >= 11 is 1.06. The molecule has 3 aromatic heterocycles. The molecule has 0 amide bonds. The SMILES string of the molecule is Nc1c(/C([O-])=N/c2c[n+](N3CCOCC3)no2)sc2nc(-c3ccccc3)cc(-c3ccc(C(F)(F)F)cc3)c12. The summed E-state index contributed by atoms with van der Waals surface area (Å²) in [6, 6.07) is 15.9. The van der Waals surface area contributed by atoms with E-state index >= 15 is 0 Å². The van der Waals surface area contributed by atoms with Crippen LogP contribution in [-0.4, -0.2) is 42.5 Å². The first kappa shape index (κ1) is 25.8. The highest BCUT2D eigenvalue weighted by molar-refractivity contribution is 7.21. The number of ether oxygens (including phenoxy) is 1. The van der Waals surface area contributed by atoms with Gasteiger partial charge in [0.25, 0.3) is 6.20 Å². The van der Waals surface area contributed by atoms with Crippen molar-refractivity contribution in [2.75, 3.05) is 37.0 Å². The quantitative estimate of drug-likeness (QED) is 0.195. The van der Waals surface area contributed by atoms with Crippen LogP contribution in [0, 0.1) is 0 Å². The molecule has 40 heavy (non-hydrogen) atoms. The van der Waals surface area contributed by atoms with Crippen LogP contribution >= 0.6 is 11.3 Å². The fourth-order valence-electron chi connectivity index (χ4n) is 4.42. The second kappa shape index (κ2) is 10.2. The van der Waals surface area contributed by atoms with Crippen molar-refractivity contribution in [3.05, 3.63) is 77.3 Å². The number of thiophene rings is 1. The van der Waals surface area contributed by atoms with E-state index in [0.717, 1.165) is 29.0 Å². The molecule has 2 N–H and O–H groups in total. The molecule has 13 heteroatoms. The number of nitrogens with two attached hydrogens (primary N) is 1. The largest absolute Gasteiger partial charge is 0.857 e. The summed E-state index contributed by atoms with van der Waals surface area (Å²) in [6.45, 7) is 2.30. The Kier molecular flexibility index (Phi) is 6.60. The molecule has 0 aliphatic carbocycles. The Morgan fingerprint density at radius 2 is 1.77 bits per heavy atom. The minimum atomic E-state index is -4.47. The van der Waals surface area contributed by atoms with E-state index in [9.17, 15) is 18.3 Å². The smallest absolute Gasteiger partial charge is 0.416 e. The summed E-state index contributed by atoms with van der Waals surface area (Å²) in [6.07, 6.45) is -2.98. The molecular weight excluding hydrogens is 545 g/mol. The summed E-state index contributed by atoms with van der Waals surface area (Å²) in [4.78, 5) is 10.8. The van der Waals surface area contributed by atoms with Crippen LogP contribution in [0.3, 0.4) is 0 Å². The Bertz CT molecular complexity index is 1690. The number of rotatable bonds is 5. The molecule has 6 rings (SSSR count). The van der Waals surface area contributed by atoms with Gasteiger partial charge in [-0.1, -0.05) is 42.5 Å². The van der Waals surface area contributed by atoms with Crippen molar-refractivity contribution >= 4 is 39.0 Å². The van der Waals surface area contributed by atoms with Gasteiger partial charge in [-0.2, -0.15) is 13.2 Å². The van der Waals surface area contributed by atoms with Crippen LogP contribution < -0.4 is 20.6 Å². The zero-order valence-electron chi connectivity index (χ0n) is 20.8. The molecule has 0 bridgehead atoms. The van der Waals surface area contributed by atoms with Crippen molar-refractivity contribution in [2.45, 2.75) is 6.18 Å². The topological polar surface area (TPSA) is 117 Å². The molecule has 1 aliphatic heterocycles. The maximum absolute atomic E-state index is 13.2. The third kappa shape index (κ3) is 4.96. The maximum atomic E-state index is 13.2. The molecule has 5 aromatic rings. The van der Waals surface area contributed by atoms with Crippen molar-refractivity contribution in [1.29, 1.82) is 0 Å².